The number of hydrogen-bond acceptors (Lipinski definition) is 3. The number of rotatable bonds is 3. The lowest BCUT2D eigenvalue weighted by atomic mass is 9.94. The van der Waals surface area contributed by atoms with Gasteiger partial charge in [-0.2, -0.15) is 0 Å². The summed E-state index contributed by atoms with van der Waals surface area (Å²) in [6, 6.07) is 8.78. The molecule has 0 saturated carbocycles. The van der Waals surface area contributed by atoms with Gasteiger partial charge in [0.25, 0.3) is 0 Å². The lowest BCUT2D eigenvalue weighted by Crippen LogP contribution is -2.15. The Balaban J connectivity index is 1.88. The zero-order chi connectivity index (χ0) is 14.1. The van der Waals surface area contributed by atoms with Crippen molar-refractivity contribution in [3.63, 3.8) is 0 Å². The molecule has 1 aliphatic rings. The molecule has 2 nitrogen and oxygen atoms in total. The molecular formula is C15H15BrINOS. The highest BCUT2D eigenvalue weighted by Crippen LogP contribution is 2.39. The van der Waals surface area contributed by atoms with Crippen LogP contribution in [0.15, 0.2) is 28.7 Å². The molecule has 20 heavy (non-hydrogen) atoms. The first-order valence-electron chi connectivity index (χ1n) is 6.55. The monoisotopic (exact) mass is 463 g/mol. The first kappa shape index (κ1) is 14.7. The van der Waals surface area contributed by atoms with E-state index in [0.29, 0.717) is 6.04 Å². The van der Waals surface area contributed by atoms with E-state index < -0.39 is 0 Å². The van der Waals surface area contributed by atoms with Gasteiger partial charge in [0.15, 0.2) is 0 Å². The van der Waals surface area contributed by atoms with Gasteiger partial charge in [0, 0.05) is 15.4 Å². The molecule has 106 valence electrons. The van der Waals surface area contributed by atoms with Crippen molar-refractivity contribution >= 4 is 55.5 Å². The summed E-state index contributed by atoms with van der Waals surface area (Å²) in [6.07, 6.45) is 3.66. The van der Waals surface area contributed by atoms with Crippen LogP contribution in [-0.2, 0) is 6.42 Å². The molecule has 0 amide bonds. The Morgan fingerprint density at radius 2 is 2.25 bits per heavy atom. The van der Waals surface area contributed by atoms with E-state index in [0.717, 1.165) is 15.9 Å². The molecule has 1 unspecified atom stereocenters. The standard InChI is InChI=1S/C15H15BrINOS/c1-19-9-5-6-11(16)13(7-9)18-12-3-2-4-14-10(12)8-15(17)20-14/h5-8,12,18H,2-4H2,1H3. The van der Waals surface area contributed by atoms with Crippen LogP contribution in [-0.4, -0.2) is 7.11 Å². The fraction of sp³-hybridized carbons (Fsp3) is 0.333. The first-order valence-corrected chi connectivity index (χ1v) is 9.24. The van der Waals surface area contributed by atoms with Gasteiger partial charge in [0.05, 0.1) is 21.7 Å². The van der Waals surface area contributed by atoms with Crippen molar-refractivity contribution in [2.24, 2.45) is 0 Å². The van der Waals surface area contributed by atoms with E-state index >= 15 is 0 Å². The molecule has 2 aromatic rings. The van der Waals surface area contributed by atoms with Crippen LogP contribution in [0.3, 0.4) is 0 Å². The summed E-state index contributed by atoms with van der Waals surface area (Å²) in [7, 11) is 1.70. The van der Waals surface area contributed by atoms with Gasteiger partial charge in [-0.05, 0) is 81.5 Å². The van der Waals surface area contributed by atoms with Gasteiger partial charge >= 0.3 is 0 Å². The topological polar surface area (TPSA) is 21.3 Å². The number of halogens is 2. The average molecular weight is 464 g/mol. The summed E-state index contributed by atoms with van der Waals surface area (Å²) in [5.41, 5.74) is 2.57. The second-order valence-corrected chi connectivity index (χ2v) is 8.75. The number of thiophene rings is 1. The van der Waals surface area contributed by atoms with E-state index in [2.05, 4.69) is 56.0 Å². The van der Waals surface area contributed by atoms with Gasteiger partial charge in [-0.25, -0.2) is 0 Å². The SMILES string of the molecule is COc1ccc(Br)c(NC2CCCc3sc(I)cc32)c1. The molecule has 0 bridgehead atoms. The van der Waals surface area contributed by atoms with Crippen LogP contribution >= 0.6 is 49.9 Å². The summed E-state index contributed by atoms with van der Waals surface area (Å²) < 4.78 is 7.77. The predicted octanol–water partition coefficient (Wildman–Crippen LogP) is 5.61. The lowest BCUT2D eigenvalue weighted by molar-refractivity contribution is 0.415. The number of hydrogen-bond donors (Lipinski definition) is 1. The smallest absolute Gasteiger partial charge is 0.121 e. The molecule has 1 aromatic carbocycles. The second kappa shape index (κ2) is 6.23. The zero-order valence-electron chi connectivity index (χ0n) is 11.1. The number of benzene rings is 1. The average Bonchev–Trinajstić information content (AvgIpc) is 2.82. The maximum Gasteiger partial charge on any atom is 0.121 e. The fourth-order valence-corrected chi connectivity index (χ4v) is 5.08. The number of aryl methyl sites for hydroxylation is 1. The zero-order valence-corrected chi connectivity index (χ0v) is 15.6. The van der Waals surface area contributed by atoms with Crippen LogP contribution in [0.2, 0.25) is 0 Å². The molecule has 0 saturated heterocycles. The molecular weight excluding hydrogens is 449 g/mol. The third-order valence-electron chi connectivity index (χ3n) is 3.59. The first-order chi connectivity index (χ1) is 9.67. The minimum Gasteiger partial charge on any atom is -0.497 e. The van der Waals surface area contributed by atoms with Crippen LogP contribution in [0.5, 0.6) is 5.75 Å². The molecule has 0 spiro atoms. The van der Waals surface area contributed by atoms with Gasteiger partial charge in [-0.15, -0.1) is 11.3 Å². The second-order valence-electron chi connectivity index (χ2n) is 4.86. The molecule has 1 atom stereocenters. The number of nitrogens with one attached hydrogen (secondary N) is 1. The van der Waals surface area contributed by atoms with Gasteiger partial charge in [0.2, 0.25) is 0 Å². The van der Waals surface area contributed by atoms with Crippen LogP contribution < -0.4 is 10.1 Å². The molecule has 1 aromatic heterocycles. The molecule has 1 heterocycles. The Morgan fingerprint density at radius 1 is 1.40 bits per heavy atom. The molecule has 0 aliphatic heterocycles. The Hall–Kier alpha value is -0.270. The maximum absolute atomic E-state index is 5.31. The maximum atomic E-state index is 5.31. The minimum atomic E-state index is 0.405. The van der Waals surface area contributed by atoms with E-state index in [4.69, 9.17) is 4.74 Å². The van der Waals surface area contributed by atoms with Crippen LogP contribution in [0.1, 0.15) is 29.3 Å². The minimum absolute atomic E-state index is 0.405. The van der Waals surface area contributed by atoms with E-state index in [-0.39, 0.29) is 0 Å². The van der Waals surface area contributed by atoms with Gasteiger partial charge in [-0.3, -0.25) is 0 Å². The Labute approximate surface area is 145 Å². The van der Waals surface area contributed by atoms with E-state index in [1.807, 2.05) is 23.5 Å². The Kier molecular flexibility index (Phi) is 4.57. The van der Waals surface area contributed by atoms with E-state index in [1.165, 1.54) is 32.6 Å². The highest BCUT2D eigenvalue weighted by Gasteiger charge is 2.23. The molecule has 5 heteroatoms. The van der Waals surface area contributed by atoms with Crippen molar-refractivity contribution in [2.75, 3.05) is 12.4 Å². The highest BCUT2D eigenvalue weighted by atomic mass is 127. The Bertz CT molecular complexity index is 628. The van der Waals surface area contributed by atoms with Crippen LogP contribution in [0.4, 0.5) is 5.69 Å². The summed E-state index contributed by atoms with van der Waals surface area (Å²) in [5, 5.41) is 3.67. The van der Waals surface area contributed by atoms with Gasteiger partial charge < -0.3 is 10.1 Å². The number of fused-ring (bicyclic) bond motifs is 1. The molecule has 1 aliphatic carbocycles. The predicted molar refractivity (Wildman–Crippen MR) is 97.0 cm³/mol. The number of anilines is 1. The lowest BCUT2D eigenvalue weighted by Gasteiger charge is -2.25. The number of methoxy groups -OCH3 is 1. The molecule has 3 rings (SSSR count). The molecule has 0 fully saturated rings. The molecule has 0 radical (unpaired) electrons. The highest BCUT2D eigenvalue weighted by molar-refractivity contribution is 14.1. The molecule has 1 N–H and O–H groups in total. The quantitative estimate of drug-likeness (QED) is 0.597. The fourth-order valence-electron chi connectivity index (χ4n) is 2.60. The summed E-state index contributed by atoms with van der Waals surface area (Å²) >= 11 is 7.96. The van der Waals surface area contributed by atoms with Crippen LogP contribution in [0, 0.1) is 2.88 Å². The van der Waals surface area contributed by atoms with Crippen molar-refractivity contribution in [3.05, 3.63) is 42.1 Å². The van der Waals surface area contributed by atoms with Crippen molar-refractivity contribution in [1.82, 2.24) is 0 Å². The third kappa shape index (κ3) is 2.99. The summed E-state index contributed by atoms with van der Waals surface area (Å²) in [5.74, 6) is 0.881. The summed E-state index contributed by atoms with van der Waals surface area (Å²) in [4.78, 5) is 1.54. The van der Waals surface area contributed by atoms with Gasteiger partial charge in [-0.1, -0.05) is 0 Å². The van der Waals surface area contributed by atoms with Crippen molar-refractivity contribution in [3.8, 4) is 5.75 Å². The normalized spacial score (nSPS) is 17.6. The summed E-state index contributed by atoms with van der Waals surface area (Å²) in [6.45, 7) is 0. The van der Waals surface area contributed by atoms with E-state index in [9.17, 15) is 0 Å². The van der Waals surface area contributed by atoms with Crippen LogP contribution in [0.25, 0.3) is 0 Å². The van der Waals surface area contributed by atoms with E-state index in [1.54, 1.807) is 7.11 Å². The van der Waals surface area contributed by atoms with Gasteiger partial charge in [0.1, 0.15) is 5.75 Å². The van der Waals surface area contributed by atoms with Crippen molar-refractivity contribution in [1.29, 1.82) is 0 Å². The van der Waals surface area contributed by atoms with Crippen molar-refractivity contribution < 1.29 is 4.74 Å². The number of ether oxygens (including phenoxy) is 1. The third-order valence-corrected chi connectivity index (χ3v) is 6.25. The Morgan fingerprint density at radius 3 is 3.05 bits per heavy atom. The largest absolute Gasteiger partial charge is 0.497 e. The van der Waals surface area contributed by atoms with Crippen molar-refractivity contribution in [2.45, 2.75) is 25.3 Å².